The topological polar surface area (TPSA) is 60.5 Å². The van der Waals surface area contributed by atoms with Crippen molar-refractivity contribution in [2.24, 2.45) is 4.99 Å². The summed E-state index contributed by atoms with van der Waals surface area (Å²) in [5.41, 5.74) is 0.868. The van der Waals surface area contributed by atoms with Crippen LogP contribution in [0.2, 0.25) is 0 Å². The first-order valence-corrected chi connectivity index (χ1v) is 4.93. The summed E-state index contributed by atoms with van der Waals surface area (Å²) in [5.74, 6) is 0.705. The van der Waals surface area contributed by atoms with Crippen LogP contribution in [0.4, 0.5) is 5.95 Å². The van der Waals surface area contributed by atoms with Crippen LogP contribution in [0.5, 0.6) is 0 Å². The predicted octanol–water partition coefficient (Wildman–Crippen LogP) is 2.43. The molecule has 82 valence electrons. The highest BCUT2D eigenvalue weighted by atomic mass is 16.5. The van der Waals surface area contributed by atoms with E-state index < -0.39 is 0 Å². The van der Waals surface area contributed by atoms with Crippen molar-refractivity contribution >= 4 is 12.3 Å². The lowest BCUT2D eigenvalue weighted by atomic mass is 10.2. The van der Waals surface area contributed by atoms with Gasteiger partial charge in [-0.25, -0.2) is 0 Å². The van der Waals surface area contributed by atoms with Gasteiger partial charge in [0.15, 0.2) is 6.40 Å². The minimum absolute atomic E-state index is 0.257. The predicted molar refractivity (Wildman–Crippen MR) is 59.5 cm³/mol. The van der Waals surface area contributed by atoms with Gasteiger partial charge >= 0.3 is 0 Å². The monoisotopic (exact) mass is 217 g/mol. The van der Waals surface area contributed by atoms with Gasteiger partial charge in [-0.2, -0.15) is 9.98 Å². The van der Waals surface area contributed by atoms with Crippen LogP contribution in [0.25, 0.3) is 11.5 Å². The molecule has 0 aliphatic heterocycles. The maximum atomic E-state index is 5.05. The van der Waals surface area contributed by atoms with Crippen LogP contribution in [0, 0.1) is 0 Å². The highest BCUT2D eigenvalue weighted by Crippen LogP contribution is 2.18. The normalized spacial score (nSPS) is 10.8. The minimum atomic E-state index is 0.257. The van der Waals surface area contributed by atoms with Gasteiger partial charge in [-0.05, 0) is 24.2 Å². The van der Waals surface area contributed by atoms with E-state index in [1.165, 1.54) is 6.40 Å². The molecule has 1 heterocycles. The number of aliphatic imine (C=N–C) groups is 1. The summed E-state index contributed by atoms with van der Waals surface area (Å²) in [5, 5.41) is 3.70. The van der Waals surface area contributed by atoms with Gasteiger partial charge in [0.2, 0.25) is 0 Å². The number of rotatable bonds is 4. The summed E-state index contributed by atoms with van der Waals surface area (Å²) in [4.78, 5) is 7.98. The summed E-state index contributed by atoms with van der Waals surface area (Å²) in [6, 6.07) is 9.52. The Kier molecular flexibility index (Phi) is 3.28. The third-order valence-corrected chi connectivity index (χ3v) is 1.85. The Labute approximate surface area is 92.8 Å². The van der Waals surface area contributed by atoms with Crippen molar-refractivity contribution in [2.45, 2.75) is 6.92 Å². The zero-order chi connectivity index (χ0) is 11.2. The van der Waals surface area contributed by atoms with Gasteiger partial charge in [0.25, 0.3) is 11.8 Å². The van der Waals surface area contributed by atoms with E-state index in [0.29, 0.717) is 12.5 Å². The first-order valence-electron chi connectivity index (χ1n) is 4.93. The van der Waals surface area contributed by atoms with Gasteiger partial charge < -0.3 is 9.26 Å². The molecule has 0 spiro atoms. The van der Waals surface area contributed by atoms with Crippen LogP contribution < -0.4 is 0 Å². The Balaban J connectivity index is 2.14. The summed E-state index contributed by atoms with van der Waals surface area (Å²) in [6.45, 7) is 2.44. The highest BCUT2D eigenvalue weighted by Gasteiger charge is 2.06. The molecule has 1 aromatic heterocycles. The fourth-order valence-corrected chi connectivity index (χ4v) is 1.13. The molecule has 0 fully saturated rings. The number of ether oxygens (including phenoxy) is 1. The van der Waals surface area contributed by atoms with E-state index in [1.54, 1.807) is 0 Å². The molecular weight excluding hydrogens is 206 g/mol. The fraction of sp³-hybridized carbons (Fsp3) is 0.182. The van der Waals surface area contributed by atoms with E-state index in [0.717, 1.165) is 5.56 Å². The molecule has 2 aromatic rings. The van der Waals surface area contributed by atoms with Gasteiger partial charge in [-0.1, -0.05) is 18.2 Å². The molecule has 0 atom stereocenters. The van der Waals surface area contributed by atoms with Crippen molar-refractivity contribution in [3.8, 4) is 11.5 Å². The summed E-state index contributed by atoms with van der Waals surface area (Å²) in [6.07, 6.45) is 1.31. The Morgan fingerprint density at radius 2 is 2.19 bits per heavy atom. The van der Waals surface area contributed by atoms with Crippen molar-refractivity contribution in [3.05, 3.63) is 30.3 Å². The zero-order valence-corrected chi connectivity index (χ0v) is 8.83. The second kappa shape index (κ2) is 5.06. The van der Waals surface area contributed by atoms with Crippen molar-refractivity contribution in [1.29, 1.82) is 0 Å². The summed E-state index contributed by atoms with van der Waals surface area (Å²) < 4.78 is 9.99. The molecule has 2 rings (SSSR count). The van der Waals surface area contributed by atoms with E-state index in [2.05, 4.69) is 15.1 Å². The number of benzene rings is 1. The first-order chi connectivity index (χ1) is 7.90. The zero-order valence-electron chi connectivity index (χ0n) is 8.83. The third kappa shape index (κ3) is 2.44. The number of aromatic nitrogens is 2. The molecule has 0 unspecified atom stereocenters. The van der Waals surface area contributed by atoms with Crippen molar-refractivity contribution in [3.63, 3.8) is 0 Å². The third-order valence-electron chi connectivity index (χ3n) is 1.85. The van der Waals surface area contributed by atoms with E-state index in [4.69, 9.17) is 9.26 Å². The largest absolute Gasteiger partial charge is 0.483 e. The average molecular weight is 217 g/mol. The fourth-order valence-electron chi connectivity index (χ4n) is 1.13. The van der Waals surface area contributed by atoms with Crippen LogP contribution in [-0.4, -0.2) is 23.1 Å². The number of nitrogens with zero attached hydrogens (tertiary/aromatic N) is 3. The Bertz CT molecular complexity index is 465. The van der Waals surface area contributed by atoms with Gasteiger partial charge in [0, 0.05) is 5.56 Å². The molecule has 5 nitrogen and oxygen atoms in total. The molecule has 16 heavy (non-hydrogen) atoms. The molecule has 1 aromatic carbocycles. The molecule has 0 saturated heterocycles. The van der Waals surface area contributed by atoms with Crippen LogP contribution in [0.1, 0.15) is 6.92 Å². The SMILES string of the molecule is CCOC=Nc1noc(-c2ccccc2)n1. The smallest absolute Gasteiger partial charge is 0.292 e. The Morgan fingerprint density at radius 3 is 2.94 bits per heavy atom. The van der Waals surface area contributed by atoms with E-state index in [9.17, 15) is 0 Å². The van der Waals surface area contributed by atoms with E-state index >= 15 is 0 Å². The molecule has 0 N–H and O–H groups in total. The van der Waals surface area contributed by atoms with Crippen LogP contribution >= 0.6 is 0 Å². The maximum Gasteiger partial charge on any atom is 0.292 e. The van der Waals surface area contributed by atoms with E-state index in [1.807, 2.05) is 37.3 Å². The second-order valence-corrected chi connectivity index (χ2v) is 2.96. The molecule has 0 aliphatic rings. The van der Waals surface area contributed by atoms with Crippen LogP contribution in [0.15, 0.2) is 39.8 Å². The summed E-state index contributed by atoms with van der Waals surface area (Å²) >= 11 is 0. The molecule has 0 bridgehead atoms. The first kappa shape index (κ1) is 10.4. The molecule has 5 heteroatoms. The molecule has 0 amide bonds. The van der Waals surface area contributed by atoms with Crippen LogP contribution in [-0.2, 0) is 4.74 Å². The molecule has 0 radical (unpaired) electrons. The van der Waals surface area contributed by atoms with Crippen LogP contribution in [0.3, 0.4) is 0 Å². The molecule has 0 saturated carbocycles. The van der Waals surface area contributed by atoms with Gasteiger partial charge in [-0.3, -0.25) is 0 Å². The van der Waals surface area contributed by atoms with E-state index in [-0.39, 0.29) is 5.95 Å². The second-order valence-electron chi connectivity index (χ2n) is 2.96. The van der Waals surface area contributed by atoms with Crippen molar-refractivity contribution < 1.29 is 9.26 Å². The standard InChI is InChI=1S/C11H11N3O2/c1-2-15-8-12-11-13-10(16-14-11)9-6-4-3-5-7-9/h3-8H,2H2,1H3. The quantitative estimate of drug-likeness (QED) is 0.583. The lowest BCUT2D eigenvalue weighted by molar-refractivity contribution is 0.343. The Morgan fingerprint density at radius 1 is 1.38 bits per heavy atom. The number of hydrogen-bond donors (Lipinski definition) is 0. The average Bonchev–Trinajstić information content (AvgIpc) is 2.79. The Hall–Kier alpha value is -2.17. The maximum absolute atomic E-state index is 5.05. The van der Waals surface area contributed by atoms with Gasteiger partial charge in [0.05, 0.1) is 6.61 Å². The van der Waals surface area contributed by atoms with Crippen molar-refractivity contribution in [2.75, 3.05) is 6.61 Å². The lowest BCUT2D eigenvalue weighted by Crippen LogP contribution is -1.84. The van der Waals surface area contributed by atoms with Gasteiger partial charge in [0.1, 0.15) is 0 Å². The number of hydrogen-bond acceptors (Lipinski definition) is 5. The molecular formula is C11H11N3O2. The lowest BCUT2D eigenvalue weighted by Gasteiger charge is -1.90. The molecule has 0 aliphatic carbocycles. The van der Waals surface area contributed by atoms with Gasteiger partial charge in [-0.15, -0.1) is 0 Å². The highest BCUT2D eigenvalue weighted by molar-refractivity contribution is 5.55. The van der Waals surface area contributed by atoms with Crippen molar-refractivity contribution in [1.82, 2.24) is 10.1 Å². The minimum Gasteiger partial charge on any atom is -0.483 e. The summed E-state index contributed by atoms with van der Waals surface area (Å²) in [7, 11) is 0.